The van der Waals surface area contributed by atoms with Gasteiger partial charge in [-0.15, -0.1) is 10.2 Å². The number of amides is 1. The molecule has 12 heteroatoms. The summed E-state index contributed by atoms with van der Waals surface area (Å²) in [7, 11) is 1.61. The third kappa shape index (κ3) is 4.47. The first-order valence-corrected chi connectivity index (χ1v) is 11.9. The number of aryl methyl sites for hydroxylation is 2. The van der Waals surface area contributed by atoms with E-state index < -0.39 is 11.9 Å². The monoisotopic (exact) mass is 514 g/mol. The van der Waals surface area contributed by atoms with Crippen molar-refractivity contribution in [2.75, 3.05) is 7.11 Å². The first kappa shape index (κ1) is 24.7. The number of aliphatic carboxylic acids is 1. The molecule has 0 unspecified atom stereocenters. The standard InChI is InChI=1S/C26H26N8O4/c1-4-33-22(9-15(2)31-33)26-30-29-25(32(26)13-16-5-7-18(38-3)8-6-16)19-10-17(24(27)37)11-21-20(19)12-28-34(21)14-23(35)36/h5-12H,4,13-14H2,1-3H3,(H2,27,37)(H,35,36). The molecule has 0 aliphatic rings. The molecule has 0 aliphatic carbocycles. The third-order valence-corrected chi connectivity index (χ3v) is 6.25. The zero-order chi connectivity index (χ0) is 27.0. The molecule has 0 aliphatic heterocycles. The number of carbonyl (C=O) groups is 2. The van der Waals surface area contributed by atoms with E-state index in [2.05, 4.69) is 20.4 Å². The number of primary amides is 1. The van der Waals surface area contributed by atoms with Crippen LogP contribution in [0.25, 0.3) is 33.8 Å². The van der Waals surface area contributed by atoms with E-state index in [1.165, 1.54) is 10.7 Å². The summed E-state index contributed by atoms with van der Waals surface area (Å²) < 4.78 is 10.4. The highest BCUT2D eigenvalue weighted by molar-refractivity contribution is 6.02. The Labute approximate surface area is 217 Å². The number of nitrogens with zero attached hydrogens (tertiary/aromatic N) is 7. The smallest absolute Gasteiger partial charge is 0.325 e. The van der Waals surface area contributed by atoms with Gasteiger partial charge in [0.1, 0.15) is 18.0 Å². The molecule has 5 rings (SSSR count). The molecule has 0 saturated heterocycles. The topological polar surface area (TPSA) is 156 Å². The average Bonchev–Trinajstić information content (AvgIpc) is 3.60. The Bertz CT molecular complexity index is 1660. The van der Waals surface area contributed by atoms with E-state index in [1.54, 1.807) is 19.4 Å². The molecule has 0 fully saturated rings. The van der Waals surface area contributed by atoms with E-state index >= 15 is 0 Å². The molecule has 0 saturated carbocycles. The molecule has 38 heavy (non-hydrogen) atoms. The number of ether oxygens (including phenoxy) is 1. The van der Waals surface area contributed by atoms with Crippen LogP contribution in [0, 0.1) is 6.92 Å². The molecule has 0 bridgehead atoms. The lowest BCUT2D eigenvalue weighted by molar-refractivity contribution is -0.137. The fourth-order valence-corrected chi connectivity index (χ4v) is 4.48. The molecular formula is C26H26N8O4. The van der Waals surface area contributed by atoms with Gasteiger partial charge >= 0.3 is 5.97 Å². The second-order valence-electron chi connectivity index (χ2n) is 8.78. The molecule has 3 heterocycles. The lowest BCUT2D eigenvalue weighted by Crippen LogP contribution is -2.13. The predicted molar refractivity (Wildman–Crippen MR) is 139 cm³/mol. The van der Waals surface area contributed by atoms with Gasteiger partial charge in [-0.3, -0.25) is 19.0 Å². The summed E-state index contributed by atoms with van der Waals surface area (Å²) in [5.41, 5.74) is 9.46. The van der Waals surface area contributed by atoms with Crippen LogP contribution in [0.4, 0.5) is 0 Å². The van der Waals surface area contributed by atoms with Crippen LogP contribution >= 0.6 is 0 Å². The van der Waals surface area contributed by atoms with Crippen LogP contribution < -0.4 is 10.5 Å². The predicted octanol–water partition coefficient (Wildman–Crippen LogP) is 2.73. The zero-order valence-corrected chi connectivity index (χ0v) is 21.1. The van der Waals surface area contributed by atoms with Crippen LogP contribution in [0.5, 0.6) is 5.75 Å². The van der Waals surface area contributed by atoms with Crippen molar-refractivity contribution in [1.82, 2.24) is 34.3 Å². The summed E-state index contributed by atoms with van der Waals surface area (Å²) in [6, 6.07) is 12.8. The van der Waals surface area contributed by atoms with Crippen molar-refractivity contribution >= 4 is 22.8 Å². The van der Waals surface area contributed by atoms with Crippen LogP contribution in [0.3, 0.4) is 0 Å². The molecule has 0 spiro atoms. The first-order chi connectivity index (χ1) is 18.3. The number of carbonyl (C=O) groups excluding carboxylic acids is 1. The van der Waals surface area contributed by atoms with Crippen LogP contribution in [-0.2, 0) is 24.4 Å². The quantitative estimate of drug-likeness (QED) is 0.304. The van der Waals surface area contributed by atoms with E-state index in [-0.39, 0.29) is 12.1 Å². The van der Waals surface area contributed by atoms with Crippen LogP contribution in [0.1, 0.15) is 28.5 Å². The Kier molecular flexibility index (Phi) is 6.37. The van der Waals surface area contributed by atoms with Gasteiger partial charge in [-0.1, -0.05) is 12.1 Å². The molecule has 3 N–H and O–H groups in total. The molecule has 5 aromatic rings. The molecule has 3 aromatic heterocycles. The fraction of sp³-hybridized carbons (Fsp3) is 0.231. The van der Waals surface area contributed by atoms with E-state index in [0.717, 1.165) is 22.7 Å². The minimum absolute atomic E-state index is 0.203. The van der Waals surface area contributed by atoms with Crippen molar-refractivity contribution in [1.29, 1.82) is 0 Å². The van der Waals surface area contributed by atoms with Crippen LogP contribution in [0.15, 0.2) is 48.7 Å². The Morgan fingerprint density at radius 1 is 1.05 bits per heavy atom. The second kappa shape index (κ2) is 9.81. The Morgan fingerprint density at radius 2 is 1.79 bits per heavy atom. The van der Waals surface area contributed by atoms with E-state index in [4.69, 9.17) is 10.5 Å². The highest BCUT2D eigenvalue weighted by atomic mass is 16.5. The average molecular weight is 515 g/mol. The summed E-state index contributed by atoms with van der Waals surface area (Å²) in [5, 5.41) is 27.9. The van der Waals surface area contributed by atoms with Gasteiger partial charge in [-0.25, -0.2) is 0 Å². The molecule has 12 nitrogen and oxygen atoms in total. The molecule has 1 amide bonds. The number of hydrogen-bond acceptors (Lipinski definition) is 7. The lowest BCUT2D eigenvalue weighted by atomic mass is 10.0. The number of aromatic nitrogens is 7. The van der Waals surface area contributed by atoms with Gasteiger partial charge in [0, 0.05) is 23.1 Å². The normalized spacial score (nSPS) is 11.2. The summed E-state index contributed by atoms with van der Waals surface area (Å²) in [4.78, 5) is 23.7. The van der Waals surface area contributed by atoms with Crippen molar-refractivity contribution < 1.29 is 19.4 Å². The minimum atomic E-state index is -1.06. The second-order valence-corrected chi connectivity index (χ2v) is 8.78. The molecule has 0 atom stereocenters. The number of nitrogens with two attached hydrogens (primary N) is 1. The number of rotatable bonds is 9. The van der Waals surface area contributed by atoms with E-state index in [9.17, 15) is 14.7 Å². The van der Waals surface area contributed by atoms with Crippen molar-refractivity contribution in [3.8, 4) is 28.7 Å². The van der Waals surface area contributed by atoms with Gasteiger partial charge in [0.25, 0.3) is 0 Å². The number of carboxylic acids is 1. The van der Waals surface area contributed by atoms with Gasteiger partial charge in [0.2, 0.25) is 5.91 Å². The van der Waals surface area contributed by atoms with Gasteiger partial charge in [-0.05, 0) is 49.7 Å². The van der Waals surface area contributed by atoms with E-state index in [0.29, 0.717) is 41.2 Å². The van der Waals surface area contributed by atoms with Crippen LogP contribution in [-0.4, -0.2) is 58.4 Å². The maximum absolute atomic E-state index is 12.2. The number of methoxy groups -OCH3 is 1. The summed E-state index contributed by atoms with van der Waals surface area (Å²) in [6.07, 6.45) is 1.56. The van der Waals surface area contributed by atoms with Crippen molar-refractivity contribution in [3.05, 3.63) is 65.5 Å². The number of fused-ring (bicyclic) bond motifs is 1. The fourth-order valence-electron chi connectivity index (χ4n) is 4.48. The van der Waals surface area contributed by atoms with Crippen molar-refractivity contribution in [2.45, 2.75) is 33.5 Å². The maximum atomic E-state index is 12.2. The third-order valence-electron chi connectivity index (χ3n) is 6.25. The van der Waals surface area contributed by atoms with Crippen LogP contribution in [0.2, 0.25) is 0 Å². The Hall–Kier alpha value is -5.00. The Balaban J connectivity index is 1.75. The zero-order valence-electron chi connectivity index (χ0n) is 21.1. The molecule has 2 aromatic carbocycles. The van der Waals surface area contributed by atoms with Gasteiger partial charge < -0.3 is 20.1 Å². The number of hydrogen-bond donors (Lipinski definition) is 2. The largest absolute Gasteiger partial charge is 0.497 e. The summed E-state index contributed by atoms with van der Waals surface area (Å²) in [5.74, 6) is 0.0833. The van der Waals surface area contributed by atoms with Gasteiger partial charge in [-0.2, -0.15) is 10.2 Å². The molecular weight excluding hydrogens is 488 g/mol. The summed E-state index contributed by atoms with van der Waals surface area (Å²) in [6.45, 7) is 4.58. The minimum Gasteiger partial charge on any atom is -0.497 e. The highest BCUT2D eigenvalue weighted by Gasteiger charge is 2.23. The van der Waals surface area contributed by atoms with Crippen molar-refractivity contribution in [3.63, 3.8) is 0 Å². The molecule has 0 radical (unpaired) electrons. The first-order valence-electron chi connectivity index (χ1n) is 11.9. The van der Waals surface area contributed by atoms with Gasteiger partial charge in [0.15, 0.2) is 11.6 Å². The van der Waals surface area contributed by atoms with Crippen molar-refractivity contribution in [2.24, 2.45) is 5.73 Å². The number of carboxylic acid groups (broad SMARTS) is 1. The van der Waals surface area contributed by atoms with Gasteiger partial charge in [0.05, 0.1) is 31.1 Å². The maximum Gasteiger partial charge on any atom is 0.325 e. The lowest BCUT2D eigenvalue weighted by Gasteiger charge is -2.13. The molecule has 194 valence electrons. The Morgan fingerprint density at radius 3 is 2.45 bits per heavy atom. The summed E-state index contributed by atoms with van der Waals surface area (Å²) >= 11 is 0. The number of benzene rings is 2. The SMILES string of the molecule is CCn1nc(C)cc1-c1nnc(-c2cc(C(N)=O)cc3c2cnn3CC(=O)O)n1Cc1ccc(OC)cc1. The van der Waals surface area contributed by atoms with E-state index in [1.807, 2.05) is 53.4 Å². The highest BCUT2D eigenvalue weighted by Crippen LogP contribution is 2.33.